The van der Waals surface area contributed by atoms with E-state index >= 15 is 0 Å². The highest BCUT2D eigenvalue weighted by molar-refractivity contribution is 6.00. The predicted molar refractivity (Wildman–Crippen MR) is 129 cm³/mol. The van der Waals surface area contributed by atoms with E-state index in [0.717, 1.165) is 18.2 Å². The van der Waals surface area contributed by atoms with Gasteiger partial charge in [0.2, 0.25) is 5.91 Å². The Kier molecular flexibility index (Phi) is 7.81. The third kappa shape index (κ3) is 6.35. The molecule has 1 aliphatic rings. The molecule has 3 aromatic rings. The number of nitrogens with one attached hydrogen (secondary N) is 1. The fourth-order valence-corrected chi connectivity index (χ4v) is 4.62. The molecule has 214 valence electrons. The van der Waals surface area contributed by atoms with Crippen LogP contribution >= 0.6 is 0 Å². The van der Waals surface area contributed by atoms with Crippen LogP contribution in [0.25, 0.3) is 0 Å². The highest BCUT2D eigenvalue weighted by Crippen LogP contribution is 2.41. The van der Waals surface area contributed by atoms with Crippen LogP contribution in [0.4, 0.5) is 40.8 Å². The fraction of sp³-hybridized carbons (Fsp3) is 0.333. The van der Waals surface area contributed by atoms with Gasteiger partial charge in [-0.1, -0.05) is 18.2 Å². The van der Waals surface area contributed by atoms with Gasteiger partial charge >= 0.3 is 19.0 Å². The summed E-state index contributed by atoms with van der Waals surface area (Å²) < 4.78 is 110. The topological polar surface area (TPSA) is 54.5 Å². The third-order valence-electron chi connectivity index (χ3n) is 6.46. The molecule has 1 fully saturated rings. The molecular weight excluding hydrogens is 550 g/mol. The number of aromatic nitrogens is 1. The first-order valence-electron chi connectivity index (χ1n) is 11.9. The van der Waals surface area contributed by atoms with Crippen LogP contribution in [0.2, 0.25) is 0 Å². The minimum atomic E-state index is -4.69. The lowest BCUT2D eigenvalue weighted by atomic mass is 9.96. The summed E-state index contributed by atoms with van der Waals surface area (Å²) in [6.45, 7) is -0.0278. The van der Waals surface area contributed by atoms with Crippen LogP contribution < -0.4 is 15.0 Å². The largest absolute Gasteiger partial charge is 0.435 e. The summed E-state index contributed by atoms with van der Waals surface area (Å²) in [4.78, 5) is 18.6. The van der Waals surface area contributed by atoms with E-state index in [9.17, 15) is 39.9 Å². The maximum atomic E-state index is 13.7. The molecule has 2 atom stereocenters. The molecule has 1 amide bonds. The average molecular weight is 573 g/mol. The van der Waals surface area contributed by atoms with E-state index in [-0.39, 0.29) is 29.1 Å². The van der Waals surface area contributed by atoms with E-state index in [2.05, 4.69) is 15.0 Å². The van der Waals surface area contributed by atoms with Crippen molar-refractivity contribution in [2.45, 2.75) is 56.9 Å². The van der Waals surface area contributed by atoms with Crippen molar-refractivity contribution in [1.29, 1.82) is 0 Å². The van der Waals surface area contributed by atoms with E-state index in [1.807, 2.05) is 0 Å². The lowest BCUT2D eigenvalue weighted by Crippen LogP contribution is -2.48. The van der Waals surface area contributed by atoms with E-state index in [0.29, 0.717) is 0 Å². The maximum absolute atomic E-state index is 13.7. The smallest absolute Gasteiger partial charge is 0.433 e. The lowest BCUT2D eigenvalue weighted by molar-refractivity contribution is -0.141. The molecule has 2 heterocycles. The number of rotatable bonds is 7. The zero-order valence-corrected chi connectivity index (χ0v) is 21.0. The van der Waals surface area contributed by atoms with Gasteiger partial charge < -0.3 is 9.64 Å². The number of benzene rings is 2. The molecular formula is C27H23F8N3O2. The number of hydrogen-bond acceptors (Lipinski definition) is 4. The summed E-state index contributed by atoms with van der Waals surface area (Å²) in [7, 11) is 0. The normalized spacial score (nSPS) is 18.5. The Labute approximate surface area is 223 Å². The molecule has 0 saturated carbocycles. The molecule has 1 N–H and O–H groups in total. The zero-order valence-electron chi connectivity index (χ0n) is 21.0. The van der Waals surface area contributed by atoms with Crippen LogP contribution in [0.1, 0.15) is 48.8 Å². The Balaban J connectivity index is 1.70. The molecule has 0 bridgehead atoms. The van der Waals surface area contributed by atoms with Crippen LogP contribution in [0.5, 0.6) is 5.75 Å². The van der Waals surface area contributed by atoms with E-state index in [1.165, 1.54) is 67.3 Å². The second-order valence-corrected chi connectivity index (χ2v) is 9.68. The Hall–Kier alpha value is -3.74. The van der Waals surface area contributed by atoms with Gasteiger partial charge in [0.1, 0.15) is 11.4 Å². The van der Waals surface area contributed by atoms with Gasteiger partial charge in [0, 0.05) is 5.69 Å². The number of nitrogens with zero attached hydrogens (tertiary/aromatic N) is 2. The summed E-state index contributed by atoms with van der Waals surface area (Å²) in [5, 5.41) is 3.01. The SMILES string of the molecule is CC(C)(N[C@H]1C[C@@H](c2cccc(C(F)(F)F)c2)N(c2ccc(OC(F)F)cc2)C1=O)c1cccc(C(F)(F)F)n1. The molecule has 0 radical (unpaired) electrons. The van der Waals surface area contributed by atoms with E-state index < -0.39 is 53.8 Å². The fourth-order valence-electron chi connectivity index (χ4n) is 4.62. The van der Waals surface area contributed by atoms with Crippen LogP contribution in [-0.2, 0) is 22.7 Å². The maximum Gasteiger partial charge on any atom is 0.433 e. The first-order valence-corrected chi connectivity index (χ1v) is 11.9. The van der Waals surface area contributed by atoms with Gasteiger partial charge in [-0.3, -0.25) is 10.1 Å². The van der Waals surface area contributed by atoms with Crippen molar-refractivity contribution in [2.75, 3.05) is 4.90 Å². The number of alkyl halides is 8. The van der Waals surface area contributed by atoms with Gasteiger partial charge in [-0.2, -0.15) is 35.1 Å². The molecule has 1 aromatic heterocycles. The number of carbonyl (C=O) groups is 1. The first kappa shape index (κ1) is 29.2. The molecule has 1 saturated heterocycles. The van der Waals surface area contributed by atoms with Crippen molar-refractivity contribution < 1.29 is 44.7 Å². The number of pyridine rings is 1. The number of carbonyl (C=O) groups excluding carboxylic acids is 1. The van der Waals surface area contributed by atoms with Gasteiger partial charge in [0.05, 0.1) is 28.9 Å². The minimum Gasteiger partial charge on any atom is -0.435 e. The third-order valence-corrected chi connectivity index (χ3v) is 6.46. The molecule has 0 unspecified atom stereocenters. The Morgan fingerprint density at radius 2 is 1.52 bits per heavy atom. The van der Waals surface area contributed by atoms with Crippen molar-refractivity contribution in [3.8, 4) is 5.75 Å². The summed E-state index contributed by atoms with van der Waals surface area (Å²) in [6.07, 6.45) is -9.38. The van der Waals surface area contributed by atoms with Crippen LogP contribution in [0, 0.1) is 0 Å². The van der Waals surface area contributed by atoms with Crippen molar-refractivity contribution in [1.82, 2.24) is 10.3 Å². The molecule has 4 rings (SSSR count). The Bertz CT molecular complexity index is 1360. The van der Waals surface area contributed by atoms with Crippen molar-refractivity contribution in [3.63, 3.8) is 0 Å². The summed E-state index contributed by atoms with van der Waals surface area (Å²) in [6, 6.07) is 10.9. The molecule has 40 heavy (non-hydrogen) atoms. The highest BCUT2D eigenvalue weighted by atomic mass is 19.4. The van der Waals surface area contributed by atoms with Crippen LogP contribution in [0.15, 0.2) is 66.7 Å². The van der Waals surface area contributed by atoms with Gasteiger partial charge in [-0.15, -0.1) is 0 Å². The van der Waals surface area contributed by atoms with Crippen LogP contribution in [-0.4, -0.2) is 23.5 Å². The molecule has 0 aliphatic carbocycles. The van der Waals surface area contributed by atoms with Gasteiger partial charge in [0.25, 0.3) is 0 Å². The summed E-state index contributed by atoms with van der Waals surface area (Å²) in [5.41, 5.74) is -2.94. The number of anilines is 1. The highest BCUT2D eigenvalue weighted by Gasteiger charge is 2.44. The average Bonchev–Trinajstić information content (AvgIpc) is 3.18. The van der Waals surface area contributed by atoms with E-state index in [1.54, 1.807) is 0 Å². The predicted octanol–water partition coefficient (Wildman–Crippen LogP) is 7.09. The second-order valence-electron chi connectivity index (χ2n) is 9.68. The number of ether oxygens (including phenoxy) is 1. The Morgan fingerprint density at radius 1 is 0.900 bits per heavy atom. The van der Waals surface area contributed by atoms with Gasteiger partial charge in [0.15, 0.2) is 0 Å². The molecule has 2 aromatic carbocycles. The van der Waals surface area contributed by atoms with Gasteiger partial charge in [-0.25, -0.2) is 4.98 Å². The molecule has 5 nitrogen and oxygen atoms in total. The zero-order chi connectivity index (χ0) is 29.5. The number of halogens is 8. The molecule has 13 heteroatoms. The summed E-state index contributed by atoms with van der Waals surface area (Å²) >= 11 is 0. The van der Waals surface area contributed by atoms with E-state index in [4.69, 9.17) is 0 Å². The summed E-state index contributed by atoms with van der Waals surface area (Å²) in [5.74, 6) is -0.766. The number of hydrogen-bond donors (Lipinski definition) is 1. The first-order chi connectivity index (χ1) is 18.6. The van der Waals surface area contributed by atoms with Crippen molar-refractivity contribution in [3.05, 3.63) is 89.2 Å². The molecule has 1 aliphatic heterocycles. The monoisotopic (exact) mass is 573 g/mol. The van der Waals surface area contributed by atoms with Crippen LogP contribution in [0.3, 0.4) is 0 Å². The number of amides is 1. The lowest BCUT2D eigenvalue weighted by Gasteiger charge is -2.29. The van der Waals surface area contributed by atoms with Gasteiger partial charge in [-0.05, 0) is 74.4 Å². The standard InChI is InChI=1S/C27H23F8N3O2/c1-25(2,21-7-4-8-22(36-21)27(33,34)35)37-19-14-20(15-5-3-6-16(13-15)26(30,31)32)38(23(19)39)17-9-11-18(12-10-17)40-24(28)29/h3-13,19-20,24,37H,14H2,1-2H3/t19-,20-/m0/s1. The van der Waals surface area contributed by atoms with Crippen molar-refractivity contribution >= 4 is 11.6 Å². The second kappa shape index (κ2) is 10.7. The molecule has 0 spiro atoms. The minimum absolute atomic E-state index is 0.00213. The van der Waals surface area contributed by atoms with Crippen molar-refractivity contribution in [2.24, 2.45) is 0 Å². The quantitative estimate of drug-likeness (QED) is 0.307. The Morgan fingerprint density at radius 3 is 2.12 bits per heavy atom.